The summed E-state index contributed by atoms with van der Waals surface area (Å²) in [5.41, 5.74) is 9.34. The minimum Gasteiger partial charge on any atom is -0.389 e. The lowest BCUT2D eigenvalue weighted by atomic mass is 10.1. The van der Waals surface area contributed by atoms with E-state index in [2.05, 4.69) is 17.2 Å². The van der Waals surface area contributed by atoms with Crippen LogP contribution in [0.3, 0.4) is 0 Å². The van der Waals surface area contributed by atoms with E-state index in [-0.39, 0.29) is 0 Å². The van der Waals surface area contributed by atoms with Crippen LogP contribution in [-0.2, 0) is 4.74 Å². The molecule has 0 atom stereocenters. The summed E-state index contributed by atoms with van der Waals surface area (Å²) in [4.78, 5) is 4.76. The van der Waals surface area contributed by atoms with Gasteiger partial charge in [0.05, 0.1) is 12.2 Å². The molecule has 106 valence electrons. The lowest BCUT2D eigenvalue weighted by Gasteiger charge is -2.14. The number of nitrogens with two attached hydrogens (primary N) is 1. The highest BCUT2D eigenvalue weighted by molar-refractivity contribution is 7.80. The quantitative estimate of drug-likeness (QED) is 0.566. The summed E-state index contributed by atoms with van der Waals surface area (Å²) in [7, 11) is 0. The van der Waals surface area contributed by atoms with Gasteiger partial charge in [-0.15, -0.1) is 0 Å². The summed E-state index contributed by atoms with van der Waals surface area (Å²) in [6.07, 6.45) is 2.26. The van der Waals surface area contributed by atoms with Crippen molar-refractivity contribution in [3.05, 3.63) is 23.0 Å². The van der Waals surface area contributed by atoms with Gasteiger partial charge in [-0.05, 0) is 26.3 Å². The summed E-state index contributed by atoms with van der Waals surface area (Å²) in [6, 6.07) is 1.97. The molecule has 0 spiro atoms. The number of aryl methyl sites for hydroxylation is 2. The number of nitrogens with one attached hydrogen (secondary N) is 1. The lowest BCUT2D eigenvalue weighted by Crippen LogP contribution is -2.18. The van der Waals surface area contributed by atoms with E-state index in [1.54, 1.807) is 0 Å². The largest absolute Gasteiger partial charge is 0.389 e. The van der Waals surface area contributed by atoms with Crippen molar-refractivity contribution in [1.29, 1.82) is 0 Å². The maximum atomic E-state index is 5.76. The Balaban J connectivity index is 2.59. The van der Waals surface area contributed by atoms with Gasteiger partial charge in [0.2, 0.25) is 0 Å². The van der Waals surface area contributed by atoms with Crippen LogP contribution < -0.4 is 11.1 Å². The van der Waals surface area contributed by atoms with Crippen molar-refractivity contribution in [1.82, 2.24) is 4.98 Å². The zero-order chi connectivity index (χ0) is 14.3. The highest BCUT2D eigenvalue weighted by Gasteiger charge is 2.10. The molecule has 0 amide bonds. The van der Waals surface area contributed by atoms with Crippen LogP contribution in [0.4, 0.5) is 5.69 Å². The van der Waals surface area contributed by atoms with Gasteiger partial charge in [0.15, 0.2) is 0 Å². The highest BCUT2D eigenvalue weighted by atomic mass is 32.1. The van der Waals surface area contributed by atoms with E-state index in [1.807, 2.05) is 19.9 Å². The van der Waals surface area contributed by atoms with Crippen LogP contribution in [-0.4, -0.2) is 29.7 Å². The van der Waals surface area contributed by atoms with Gasteiger partial charge in [0.25, 0.3) is 0 Å². The first-order chi connectivity index (χ1) is 9.06. The van der Waals surface area contributed by atoms with Crippen molar-refractivity contribution in [2.24, 2.45) is 5.73 Å². The number of ether oxygens (including phenoxy) is 1. The first-order valence-corrected chi connectivity index (χ1v) is 7.06. The molecule has 3 N–H and O–H groups in total. The van der Waals surface area contributed by atoms with Crippen molar-refractivity contribution in [3.8, 4) is 0 Å². The van der Waals surface area contributed by atoms with Crippen LogP contribution in [0, 0.1) is 13.8 Å². The zero-order valence-electron chi connectivity index (χ0n) is 12.0. The fraction of sp³-hybridized carbons (Fsp3) is 0.571. The predicted molar refractivity (Wildman–Crippen MR) is 83.8 cm³/mol. The minimum atomic E-state index is 0.374. The van der Waals surface area contributed by atoms with Crippen molar-refractivity contribution in [2.45, 2.75) is 33.6 Å². The van der Waals surface area contributed by atoms with Gasteiger partial charge in [-0.1, -0.05) is 25.6 Å². The Morgan fingerprint density at radius 3 is 2.79 bits per heavy atom. The van der Waals surface area contributed by atoms with Crippen LogP contribution in [0.5, 0.6) is 0 Å². The molecule has 0 aliphatic heterocycles. The van der Waals surface area contributed by atoms with Gasteiger partial charge in [0, 0.05) is 30.2 Å². The summed E-state index contributed by atoms with van der Waals surface area (Å²) in [5.74, 6) is 0. The fourth-order valence-corrected chi connectivity index (χ4v) is 2.14. The molecule has 5 heteroatoms. The van der Waals surface area contributed by atoms with Gasteiger partial charge in [-0.2, -0.15) is 0 Å². The van der Waals surface area contributed by atoms with Crippen LogP contribution in [0.15, 0.2) is 6.07 Å². The lowest BCUT2D eigenvalue weighted by molar-refractivity contribution is 0.141. The van der Waals surface area contributed by atoms with Gasteiger partial charge >= 0.3 is 0 Å². The van der Waals surface area contributed by atoms with Gasteiger partial charge in [-0.3, -0.25) is 4.98 Å². The van der Waals surface area contributed by atoms with E-state index < -0.39 is 0 Å². The average Bonchev–Trinajstić information content (AvgIpc) is 2.32. The number of unbranched alkanes of at least 4 members (excludes halogenated alkanes) is 1. The number of nitrogens with zero attached hydrogens (tertiary/aromatic N) is 1. The summed E-state index contributed by atoms with van der Waals surface area (Å²) < 4.78 is 5.51. The molecule has 0 saturated carbocycles. The Morgan fingerprint density at radius 2 is 2.16 bits per heavy atom. The van der Waals surface area contributed by atoms with Crippen molar-refractivity contribution >= 4 is 22.9 Å². The molecular weight excluding hydrogens is 258 g/mol. The first-order valence-electron chi connectivity index (χ1n) is 6.66. The number of aromatic nitrogens is 1. The molecule has 0 bridgehead atoms. The summed E-state index contributed by atoms with van der Waals surface area (Å²) >= 11 is 5.08. The molecule has 0 saturated heterocycles. The molecule has 1 rings (SSSR count). The Labute approximate surface area is 120 Å². The van der Waals surface area contributed by atoms with E-state index in [0.717, 1.165) is 48.6 Å². The standard InChI is InChI=1S/C14H23N3OS/c1-4-5-7-18-8-6-16-12-9-10(2)17-11(3)13(12)14(15)19/h9H,4-8H2,1-3H3,(H2,15,19)(H,16,17). The number of anilines is 1. The third kappa shape index (κ3) is 5.12. The Hall–Kier alpha value is -1.20. The molecule has 0 aliphatic carbocycles. The van der Waals surface area contributed by atoms with Gasteiger partial charge in [-0.25, -0.2) is 0 Å². The molecular formula is C14H23N3OS. The van der Waals surface area contributed by atoms with Crippen LogP contribution in [0.2, 0.25) is 0 Å². The maximum Gasteiger partial charge on any atom is 0.107 e. The van der Waals surface area contributed by atoms with E-state index >= 15 is 0 Å². The summed E-state index contributed by atoms with van der Waals surface area (Å²) in [6.45, 7) is 8.26. The number of thiocarbonyl (C=S) groups is 1. The van der Waals surface area contributed by atoms with E-state index in [0.29, 0.717) is 11.6 Å². The number of hydrogen-bond acceptors (Lipinski definition) is 4. The smallest absolute Gasteiger partial charge is 0.107 e. The first kappa shape index (κ1) is 15.9. The summed E-state index contributed by atoms with van der Waals surface area (Å²) in [5, 5.41) is 3.32. The molecule has 0 unspecified atom stereocenters. The molecule has 0 fully saturated rings. The molecule has 1 heterocycles. The van der Waals surface area contributed by atoms with Crippen molar-refractivity contribution in [2.75, 3.05) is 25.1 Å². The normalized spacial score (nSPS) is 10.5. The molecule has 1 aromatic heterocycles. The third-order valence-electron chi connectivity index (χ3n) is 2.78. The average molecular weight is 281 g/mol. The Bertz CT molecular complexity index is 435. The zero-order valence-corrected chi connectivity index (χ0v) is 12.8. The fourth-order valence-electron chi connectivity index (χ4n) is 1.89. The highest BCUT2D eigenvalue weighted by Crippen LogP contribution is 2.19. The van der Waals surface area contributed by atoms with Gasteiger partial charge in [0.1, 0.15) is 4.99 Å². The number of hydrogen-bond donors (Lipinski definition) is 2. The number of rotatable bonds is 8. The second-order valence-electron chi connectivity index (χ2n) is 4.53. The molecule has 0 radical (unpaired) electrons. The van der Waals surface area contributed by atoms with Gasteiger partial charge < -0.3 is 15.8 Å². The Morgan fingerprint density at radius 1 is 1.42 bits per heavy atom. The minimum absolute atomic E-state index is 0.374. The maximum absolute atomic E-state index is 5.76. The van der Waals surface area contributed by atoms with Crippen LogP contribution in [0.25, 0.3) is 0 Å². The monoisotopic (exact) mass is 281 g/mol. The Kier molecular flexibility index (Phi) is 6.73. The predicted octanol–water partition coefficient (Wildman–Crippen LogP) is 2.56. The third-order valence-corrected chi connectivity index (χ3v) is 2.98. The second-order valence-corrected chi connectivity index (χ2v) is 4.97. The van der Waals surface area contributed by atoms with E-state index in [1.165, 1.54) is 0 Å². The topological polar surface area (TPSA) is 60.2 Å². The van der Waals surface area contributed by atoms with Crippen molar-refractivity contribution in [3.63, 3.8) is 0 Å². The second kappa shape index (κ2) is 8.07. The van der Waals surface area contributed by atoms with E-state index in [9.17, 15) is 0 Å². The molecule has 19 heavy (non-hydrogen) atoms. The van der Waals surface area contributed by atoms with Crippen LogP contribution >= 0.6 is 12.2 Å². The molecule has 4 nitrogen and oxygen atoms in total. The number of pyridine rings is 1. The molecule has 1 aromatic rings. The molecule has 0 aromatic carbocycles. The molecule has 0 aliphatic rings. The van der Waals surface area contributed by atoms with Crippen LogP contribution in [0.1, 0.15) is 36.7 Å². The van der Waals surface area contributed by atoms with E-state index in [4.69, 9.17) is 22.7 Å². The SMILES string of the molecule is CCCCOCCNc1cc(C)nc(C)c1C(N)=S. The van der Waals surface area contributed by atoms with Crippen molar-refractivity contribution < 1.29 is 4.74 Å².